The number of aliphatic hydroxyl groups is 1. The summed E-state index contributed by atoms with van der Waals surface area (Å²) in [6.45, 7) is 7.19. The number of hydrogen-bond acceptors (Lipinski definition) is 3. The molecule has 0 saturated carbocycles. The minimum absolute atomic E-state index is 0.0347. The van der Waals surface area contributed by atoms with Gasteiger partial charge in [-0.2, -0.15) is 11.8 Å². The molecule has 1 N–H and O–H groups in total. The lowest BCUT2D eigenvalue weighted by molar-refractivity contribution is 0.0859. The van der Waals surface area contributed by atoms with E-state index >= 15 is 0 Å². The van der Waals surface area contributed by atoms with Crippen LogP contribution in [0.25, 0.3) is 0 Å². The molecule has 3 atom stereocenters. The molecule has 2 rings (SSSR count). The van der Waals surface area contributed by atoms with Crippen molar-refractivity contribution in [3.05, 3.63) is 35.6 Å². The number of hydrogen-bond donors (Lipinski definition) is 1. The third-order valence-electron chi connectivity index (χ3n) is 3.99. The van der Waals surface area contributed by atoms with E-state index in [9.17, 15) is 9.50 Å². The molecule has 0 amide bonds. The highest BCUT2D eigenvalue weighted by Gasteiger charge is 2.25. The first-order valence-corrected chi connectivity index (χ1v) is 8.43. The van der Waals surface area contributed by atoms with E-state index in [0.717, 1.165) is 25.4 Å². The van der Waals surface area contributed by atoms with Crippen LogP contribution in [0.1, 0.15) is 31.9 Å². The van der Waals surface area contributed by atoms with Gasteiger partial charge in [0.25, 0.3) is 0 Å². The number of benzene rings is 1. The average Bonchev–Trinajstić information content (AvgIpc) is 2.47. The fourth-order valence-corrected chi connectivity index (χ4v) is 3.97. The summed E-state index contributed by atoms with van der Waals surface area (Å²) < 4.78 is 13.7. The minimum atomic E-state index is -0.731. The summed E-state index contributed by atoms with van der Waals surface area (Å²) in [4.78, 5) is 2.40. The van der Waals surface area contributed by atoms with Crippen molar-refractivity contribution in [2.24, 2.45) is 5.92 Å². The minimum Gasteiger partial charge on any atom is -0.388 e. The molecule has 1 aromatic carbocycles. The Morgan fingerprint density at radius 2 is 2.20 bits per heavy atom. The number of nitrogens with zero attached hydrogens (tertiary/aromatic N) is 1. The lowest BCUT2D eigenvalue weighted by Gasteiger charge is -2.34. The molecule has 1 fully saturated rings. The van der Waals surface area contributed by atoms with Crippen LogP contribution in [0.3, 0.4) is 0 Å². The van der Waals surface area contributed by atoms with Crippen molar-refractivity contribution in [3.8, 4) is 0 Å². The first-order valence-electron chi connectivity index (χ1n) is 7.38. The Bertz CT molecular complexity index is 429. The highest BCUT2D eigenvalue weighted by Crippen LogP contribution is 2.27. The lowest BCUT2D eigenvalue weighted by atomic mass is 9.96. The van der Waals surface area contributed by atoms with E-state index in [4.69, 9.17) is 0 Å². The SMILES string of the molecule is CCC1CN(CC(C)C(O)c2ccccc2F)CCS1. The number of halogens is 1. The molecule has 112 valence electrons. The molecule has 4 heteroatoms. The van der Waals surface area contributed by atoms with E-state index in [-0.39, 0.29) is 11.7 Å². The van der Waals surface area contributed by atoms with Gasteiger partial charge in [-0.3, -0.25) is 0 Å². The van der Waals surface area contributed by atoms with Crippen LogP contribution in [0.15, 0.2) is 24.3 Å². The molecule has 0 radical (unpaired) electrons. The topological polar surface area (TPSA) is 23.5 Å². The summed E-state index contributed by atoms with van der Waals surface area (Å²) in [5.74, 6) is 0.876. The van der Waals surface area contributed by atoms with Crippen LogP contribution in [-0.4, -0.2) is 40.6 Å². The fraction of sp³-hybridized carbons (Fsp3) is 0.625. The molecule has 3 unspecified atom stereocenters. The van der Waals surface area contributed by atoms with Crippen LogP contribution >= 0.6 is 11.8 Å². The Hall–Kier alpha value is -0.580. The molecule has 1 aliphatic rings. The summed E-state index contributed by atoms with van der Waals surface area (Å²) >= 11 is 2.04. The summed E-state index contributed by atoms with van der Waals surface area (Å²) in [5.41, 5.74) is 0.415. The monoisotopic (exact) mass is 297 g/mol. The maximum Gasteiger partial charge on any atom is 0.129 e. The van der Waals surface area contributed by atoms with Crippen molar-refractivity contribution >= 4 is 11.8 Å². The molecule has 1 saturated heterocycles. The van der Waals surface area contributed by atoms with E-state index in [0.29, 0.717) is 10.8 Å². The van der Waals surface area contributed by atoms with Gasteiger partial charge < -0.3 is 10.0 Å². The van der Waals surface area contributed by atoms with Gasteiger partial charge in [-0.15, -0.1) is 0 Å². The van der Waals surface area contributed by atoms with Gasteiger partial charge in [0.05, 0.1) is 6.10 Å². The summed E-state index contributed by atoms with van der Waals surface area (Å²) in [6.07, 6.45) is 0.455. The van der Waals surface area contributed by atoms with Crippen LogP contribution in [0, 0.1) is 11.7 Å². The Kier molecular flexibility index (Phi) is 5.87. The predicted molar refractivity (Wildman–Crippen MR) is 83.5 cm³/mol. The zero-order valence-electron chi connectivity index (χ0n) is 12.3. The quantitative estimate of drug-likeness (QED) is 0.902. The van der Waals surface area contributed by atoms with Crippen LogP contribution in [0.2, 0.25) is 0 Å². The molecule has 0 aliphatic carbocycles. The van der Waals surface area contributed by atoms with Gasteiger partial charge in [-0.05, 0) is 18.4 Å². The highest BCUT2D eigenvalue weighted by molar-refractivity contribution is 8.00. The molecule has 0 spiro atoms. The third-order valence-corrected chi connectivity index (χ3v) is 5.36. The zero-order valence-corrected chi connectivity index (χ0v) is 13.1. The number of thioether (sulfide) groups is 1. The molecule has 1 heterocycles. The van der Waals surface area contributed by atoms with Gasteiger partial charge in [-0.1, -0.05) is 32.0 Å². The standard InChI is InChI=1S/C16H24FNOS/c1-3-13-11-18(8-9-20-13)10-12(2)16(19)14-6-4-5-7-15(14)17/h4-7,12-13,16,19H,3,8-11H2,1-2H3. The van der Waals surface area contributed by atoms with Crippen molar-refractivity contribution in [1.29, 1.82) is 0 Å². The lowest BCUT2D eigenvalue weighted by Crippen LogP contribution is -2.41. The van der Waals surface area contributed by atoms with Crippen molar-refractivity contribution < 1.29 is 9.50 Å². The van der Waals surface area contributed by atoms with E-state index < -0.39 is 6.10 Å². The Labute approximate surface area is 125 Å². The van der Waals surface area contributed by atoms with Gasteiger partial charge in [0.1, 0.15) is 5.82 Å². The van der Waals surface area contributed by atoms with E-state index in [1.54, 1.807) is 18.2 Å². The van der Waals surface area contributed by atoms with Crippen LogP contribution < -0.4 is 0 Å². The van der Waals surface area contributed by atoms with Crippen molar-refractivity contribution in [3.63, 3.8) is 0 Å². The Balaban J connectivity index is 1.94. The maximum absolute atomic E-state index is 13.7. The molecule has 1 aromatic rings. The van der Waals surface area contributed by atoms with E-state index in [1.807, 2.05) is 18.7 Å². The first kappa shape index (κ1) is 15.8. The summed E-state index contributed by atoms with van der Waals surface area (Å²) in [7, 11) is 0. The number of rotatable bonds is 5. The molecule has 2 nitrogen and oxygen atoms in total. The highest BCUT2D eigenvalue weighted by atomic mass is 32.2. The van der Waals surface area contributed by atoms with Gasteiger partial charge in [0.2, 0.25) is 0 Å². The Morgan fingerprint density at radius 3 is 2.90 bits per heavy atom. The molecule has 20 heavy (non-hydrogen) atoms. The zero-order chi connectivity index (χ0) is 14.5. The second kappa shape index (κ2) is 7.43. The first-order chi connectivity index (χ1) is 9.61. The molecular formula is C16H24FNOS. The fourth-order valence-electron chi connectivity index (χ4n) is 2.72. The maximum atomic E-state index is 13.7. The molecular weight excluding hydrogens is 273 g/mol. The van der Waals surface area contributed by atoms with Crippen LogP contribution in [0.4, 0.5) is 4.39 Å². The molecule has 0 aromatic heterocycles. The molecule has 1 aliphatic heterocycles. The smallest absolute Gasteiger partial charge is 0.129 e. The van der Waals surface area contributed by atoms with E-state index in [1.165, 1.54) is 12.5 Å². The molecule has 0 bridgehead atoms. The van der Waals surface area contributed by atoms with Gasteiger partial charge in [0.15, 0.2) is 0 Å². The van der Waals surface area contributed by atoms with Crippen LogP contribution in [-0.2, 0) is 0 Å². The van der Waals surface area contributed by atoms with Gasteiger partial charge in [0, 0.05) is 36.2 Å². The number of aliphatic hydroxyl groups excluding tert-OH is 1. The summed E-state index contributed by atoms with van der Waals surface area (Å²) in [6, 6.07) is 6.52. The normalized spacial score (nSPS) is 23.5. The predicted octanol–water partition coefficient (Wildman–Crippen LogP) is 3.32. The average molecular weight is 297 g/mol. The largest absolute Gasteiger partial charge is 0.388 e. The van der Waals surface area contributed by atoms with Crippen molar-refractivity contribution in [2.45, 2.75) is 31.6 Å². The van der Waals surface area contributed by atoms with Gasteiger partial charge >= 0.3 is 0 Å². The van der Waals surface area contributed by atoms with Crippen molar-refractivity contribution in [1.82, 2.24) is 4.90 Å². The van der Waals surface area contributed by atoms with Gasteiger partial charge in [-0.25, -0.2) is 4.39 Å². The summed E-state index contributed by atoms with van der Waals surface area (Å²) in [5, 5.41) is 11.0. The van der Waals surface area contributed by atoms with Crippen molar-refractivity contribution in [2.75, 3.05) is 25.4 Å². The second-order valence-electron chi connectivity index (χ2n) is 5.60. The van der Waals surface area contributed by atoms with Crippen LogP contribution in [0.5, 0.6) is 0 Å². The third kappa shape index (κ3) is 3.96. The second-order valence-corrected chi connectivity index (χ2v) is 7.01. The van der Waals surface area contributed by atoms with E-state index in [2.05, 4.69) is 11.8 Å². The Morgan fingerprint density at radius 1 is 1.45 bits per heavy atom.